The molecule has 194 valence electrons. The van der Waals surface area contributed by atoms with E-state index in [2.05, 4.69) is 9.89 Å². The van der Waals surface area contributed by atoms with E-state index in [0.29, 0.717) is 11.3 Å². The molecule has 0 aliphatic heterocycles. The lowest BCUT2D eigenvalue weighted by Crippen LogP contribution is -2.40. The quantitative estimate of drug-likeness (QED) is 0.179. The first-order valence-corrected chi connectivity index (χ1v) is 12.9. The number of methoxy groups -OCH3 is 1. The van der Waals surface area contributed by atoms with Crippen LogP contribution in [0.3, 0.4) is 0 Å². The molecule has 0 bridgehead atoms. The van der Waals surface area contributed by atoms with Gasteiger partial charge in [0.15, 0.2) is 11.8 Å². The van der Waals surface area contributed by atoms with Gasteiger partial charge in [0, 0.05) is 28.6 Å². The zero-order chi connectivity index (χ0) is 26.5. The molecule has 1 fully saturated rings. The van der Waals surface area contributed by atoms with Crippen LogP contribution < -0.4 is 4.90 Å². The average Bonchev–Trinajstić information content (AvgIpc) is 3.45. The van der Waals surface area contributed by atoms with E-state index in [4.69, 9.17) is 4.52 Å². The fraction of sp³-hybridized carbons (Fsp3) is 0.258. The van der Waals surface area contributed by atoms with Crippen LogP contribution in [-0.4, -0.2) is 29.2 Å². The van der Waals surface area contributed by atoms with Crippen LogP contribution >= 0.6 is 0 Å². The number of hydrogen-bond acceptors (Lipinski definition) is 6. The Morgan fingerprint density at radius 1 is 1.03 bits per heavy atom. The van der Waals surface area contributed by atoms with E-state index >= 15 is 0 Å². The second-order valence-corrected chi connectivity index (χ2v) is 9.57. The number of benzene rings is 3. The van der Waals surface area contributed by atoms with Gasteiger partial charge in [0.1, 0.15) is 0 Å². The number of esters is 1. The molecule has 1 N–H and O–H groups in total. The number of aliphatic hydroxyl groups is 1. The first-order valence-electron chi connectivity index (χ1n) is 12.9. The van der Waals surface area contributed by atoms with E-state index in [0.717, 1.165) is 59.8 Å². The van der Waals surface area contributed by atoms with E-state index < -0.39 is 12.2 Å². The Bertz CT molecular complexity index is 1450. The molecule has 5 rings (SSSR count). The maximum absolute atomic E-state index is 13.8. The predicted octanol–water partition coefficient (Wildman–Crippen LogP) is 6.29. The molecule has 1 aromatic heterocycles. The second kappa shape index (κ2) is 11.4. The number of amides is 1. The van der Waals surface area contributed by atoms with Gasteiger partial charge >= 0.3 is 5.97 Å². The average molecular weight is 511 g/mol. The molecule has 1 heterocycles. The number of ether oxygens (including phenoxy) is 1. The molecule has 1 atom stereocenters. The highest BCUT2D eigenvalue weighted by Crippen LogP contribution is 2.34. The van der Waals surface area contributed by atoms with Crippen LogP contribution in [0.2, 0.25) is 0 Å². The van der Waals surface area contributed by atoms with Crippen molar-refractivity contribution in [2.75, 3.05) is 12.0 Å². The van der Waals surface area contributed by atoms with Gasteiger partial charge in [0.2, 0.25) is 5.91 Å². The van der Waals surface area contributed by atoms with Gasteiger partial charge < -0.3 is 14.4 Å². The number of carbonyl (C=O) groups excluding carboxylic acids is 2. The Morgan fingerprint density at radius 2 is 1.79 bits per heavy atom. The molecule has 0 saturated heterocycles. The van der Waals surface area contributed by atoms with Gasteiger partial charge in [-0.15, -0.1) is 0 Å². The van der Waals surface area contributed by atoms with Crippen LogP contribution in [0.25, 0.3) is 28.2 Å². The third kappa shape index (κ3) is 5.53. The van der Waals surface area contributed by atoms with Gasteiger partial charge in [-0.3, -0.25) is 9.69 Å². The van der Waals surface area contributed by atoms with Crippen molar-refractivity contribution in [3.05, 3.63) is 90.1 Å². The van der Waals surface area contributed by atoms with Crippen LogP contribution in [0.1, 0.15) is 49.5 Å². The lowest BCUT2D eigenvalue weighted by Gasteiger charge is -2.33. The minimum absolute atomic E-state index is 0.0896. The third-order valence-electron chi connectivity index (χ3n) is 7.09. The van der Waals surface area contributed by atoms with Crippen LogP contribution in [0.5, 0.6) is 0 Å². The van der Waals surface area contributed by atoms with E-state index in [1.165, 1.54) is 18.1 Å². The molecule has 4 aromatic rings. The van der Waals surface area contributed by atoms with Crippen molar-refractivity contribution >= 4 is 34.6 Å². The SMILES string of the molecule is COC(=O)/C=C/c1cccc(N(C(=O)C2CCCCC2)C(O)c2ccc(-c3ccc4oncc4c3)cc2)c1. The second-order valence-electron chi connectivity index (χ2n) is 9.57. The van der Waals surface area contributed by atoms with Gasteiger partial charge in [0.25, 0.3) is 0 Å². The highest BCUT2D eigenvalue weighted by Gasteiger charge is 2.32. The van der Waals surface area contributed by atoms with Crippen molar-refractivity contribution < 1.29 is 24.0 Å². The predicted molar refractivity (Wildman–Crippen MR) is 146 cm³/mol. The Hall–Kier alpha value is -4.23. The van der Waals surface area contributed by atoms with Crippen molar-refractivity contribution in [1.82, 2.24) is 5.16 Å². The Balaban J connectivity index is 1.45. The molecule has 3 aromatic carbocycles. The molecule has 1 aliphatic rings. The minimum Gasteiger partial charge on any atom is -0.466 e. The van der Waals surface area contributed by atoms with Gasteiger partial charge in [-0.2, -0.15) is 0 Å². The molecule has 7 heteroatoms. The maximum Gasteiger partial charge on any atom is 0.330 e. The van der Waals surface area contributed by atoms with Crippen LogP contribution in [-0.2, 0) is 14.3 Å². The number of nitrogens with zero attached hydrogens (tertiary/aromatic N) is 2. The van der Waals surface area contributed by atoms with Crippen molar-refractivity contribution in [3.8, 4) is 11.1 Å². The first kappa shape index (κ1) is 25.4. The summed E-state index contributed by atoms with van der Waals surface area (Å²) in [7, 11) is 1.32. The highest BCUT2D eigenvalue weighted by molar-refractivity contribution is 5.96. The molecule has 7 nitrogen and oxygen atoms in total. The summed E-state index contributed by atoms with van der Waals surface area (Å²) in [6.45, 7) is 0. The lowest BCUT2D eigenvalue weighted by atomic mass is 9.88. The number of anilines is 1. The number of aliphatic hydroxyl groups excluding tert-OH is 1. The Morgan fingerprint density at radius 3 is 2.55 bits per heavy atom. The third-order valence-corrected chi connectivity index (χ3v) is 7.09. The minimum atomic E-state index is -1.17. The molecule has 1 saturated carbocycles. The summed E-state index contributed by atoms with van der Waals surface area (Å²) in [5, 5.41) is 16.3. The van der Waals surface area contributed by atoms with E-state index in [1.54, 1.807) is 18.3 Å². The summed E-state index contributed by atoms with van der Waals surface area (Å²) in [5.41, 5.74) is 4.61. The van der Waals surface area contributed by atoms with Crippen molar-refractivity contribution in [2.24, 2.45) is 5.92 Å². The van der Waals surface area contributed by atoms with Crippen molar-refractivity contribution in [2.45, 2.75) is 38.3 Å². The fourth-order valence-electron chi connectivity index (χ4n) is 4.99. The maximum atomic E-state index is 13.8. The summed E-state index contributed by atoms with van der Waals surface area (Å²) in [4.78, 5) is 26.8. The standard InChI is InChI=1S/C31H30N2O5/c1-37-29(34)17-10-21-6-5-9-27(18-21)33(30(35)23-7-3-2-4-8-23)31(36)24-13-11-22(12-14-24)25-15-16-28-26(19-25)20-32-38-28/h5-6,9-20,23,31,36H,2-4,7-8H2,1H3/b17-10+. The molecule has 1 unspecified atom stereocenters. The van der Waals surface area contributed by atoms with Crippen LogP contribution in [0, 0.1) is 5.92 Å². The number of aromatic nitrogens is 1. The molecule has 38 heavy (non-hydrogen) atoms. The molecule has 0 spiro atoms. The summed E-state index contributed by atoms with van der Waals surface area (Å²) in [6.07, 6.45) is 8.25. The smallest absolute Gasteiger partial charge is 0.330 e. The van der Waals surface area contributed by atoms with Gasteiger partial charge in [-0.25, -0.2) is 4.79 Å². The first-order chi connectivity index (χ1) is 18.5. The molecule has 1 amide bonds. The fourth-order valence-corrected chi connectivity index (χ4v) is 4.99. The summed E-state index contributed by atoms with van der Waals surface area (Å²) < 4.78 is 9.88. The summed E-state index contributed by atoms with van der Waals surface area (Å²) in [5.74, 6) is -0.690. The molecular formula is C31H30N2O5. The monoisotopic (exact) mass is 510 g/mol. The lowest BCUT2D eigenvalue weighted by molar-refractivity contribution is -0.134. The Labute approximate surface area is 221 Å². The largest absolute Gasteiger partial charge is 0.466 e. The number of carbonyl (C=O) groups is 2. The summed E-state index contributed by atoms with van der Waals surface area (Å²) in [6, 6.07) is 20.7. The van der Waals surface area contributed by atoms with Crippen molar-refractivity contribution in [3.63, 3.8) is 0 Å². The van der Waals surface area contributed by atoms with Gasteiger partial charge in [-0.1, -0.05) is 66.9 Å². The normalized spacial score (nSPS) is 15.0. The molecule has 1 aliphatic carbocycles. The number of rotatable bonds is 7. The van der Waals surface area contributed by atoms with Crippen LogP contribution in [0.4, 0.5) is 5.69 Å². The van der Waals surface area contributed by atoms with E-state index in [9.17, 15) is 14.7 Å². The zero-order valence-corrected chi connectivity index (χ0v) is 21.2. The van der Waals surface area contributed by atoms with E-state index in [1.807, 2.05) is 60.7 Å². The number of fused-ring (bicyclic) bond motifs is 1. The van der Waals surface area contributed by atoms with Crippen LogP contribution in [0.15, 0.2) is 83.5 Å². The van der Waals surface area contributed by atoms with Gasteiger partial charge in [-0.05, 0) is 59.9 Å². The molecule has 0 radical (unpaired) electrons. The Kier molecular flexibility index (Phi) is 7.65. The zero-order valence-electron chi connectivity index (χ0n) is 21.2. The van der Waals surface area contributed by atoms with Gasteiger partial charge in [0.05, 0.1) is 13.3 Å². The number of hydrogen-bond donors (Lipinski definition) is 1. The molecular weight excluding hydrogens is 480 g/mol. The summed E-state index contributed by atoms with van der Waals surface area (Å²) >= 11 is 0. The highest BCUT2D eigenvalue weighted by atomic mass is 16.5. The topological polar surface area (TPSA) is 92.9 Å². The van der Waals surface area contributed by atoms with Crippen molar-refractivity contribution in [1.29, 1.82) is 0 Å². The van der Waals surface area contributed by atoms with E-state index in [-0.39, 0.29) is 11.8 Å².